The Labute approximate surface area is 110 Å². The standard InChI is InChI=1S/C11H9N3O4S/c15-8-1-2-12-4-7(8)10(18)14-11-13-6(5-19-11)3-9(16)17/h1-2,4-5H,3H2,(H,12,15)(H,16,17)(H,13,14,18). The van der Waals surface area contributed by atoms with Gasteiger partial charge in [-0.05, 0) is 0 Å². The predicted molar refractivity (Wildman–Crippen MR) is 68.5 cm³/mol. The van der Waals surface area contributed by atoms with Crippen molar-refractivity contribution in [1.82, 2.24) is 9.97 Å². The van der Waals surface area contributed by atoms with E-state index in [0.29, 0.717) is 5.69 Å². The number of amides is 1. The lowest BCUT2D eigenvalue weighted by Crippen LogP contribution is -2.20. The summed E-state index contributed by atoms with van der Waals surface area (Å²) >= 11 is 1.10. The van der Waals surface area contributed by atoms with Gasteiger partial charge in [0.1, 0.15) is 5.56 Å². The second-order valence-corrected chi connectivity index (χ2v) is 4.45. The van der Waals surface area contributed by atoms with Crippen LogP contribution in [0.2, 0.25) is 0 Å². The fourth-order valence-electron chi connectivity index (χ4n) is 1.36. The van der Waals surface area contributed by atoms with E-state index in [9.17, 15) is 14.4 Å². The van der Waals surface area contributed by atoms with Crippen molar-refractivity contribution in [3.63, 3.8) is 0 Å². The molecule has 98 valence electrons. The topological polar surface area (TPSA) is 112 Å². The van der Waals surface area contributed by atoms with Crippen molar-refractivity contribution in [1.29, 1.82) is 0 Å². The fraction of sp³-hybridized carbons (Fsp3) is 0.0909. The molecule has 0 radical (unpaired) electrons. The molecule has 0 bridgehead atoms. The molecule has 19 heavy (non-hydrogen) atoms. The summed E-state index contributed by atoms with van der Waals surface area (Å²) in [6.45, 7) is 0. The number of aromatic nitrogens is 2. The zero-order chi connectivity index (χ0) is 13.8. The van der Waals surface area contributed by atoms with Gasteiger partial charge in [0.05, 0.1) is 12.1 Å². The lowest BCUT2D eigenvalue weighted by molar-refractivity contribution is -0.136. The van der Waals surface area contributed by atoms with Crippen molar-refractivity contribution in [3.05, 3.63) is 45.3 Å². The van der Waals surface area contributed by atoms with Crippen molar-refractivity contribution < 1.29 is 14.7 Å². The molecule has 0 aliphatic rings. The molecular weight excluding hydrogens is 270 g/mol. The van der Waals surface area contributed by atoms with Gasteiger partial charge in [0.25, 0.3) is 5.91 Å². The maximum absolute atomic E-state index is 11.8. The highest BCUT2D eigenvalue weighted by Gasteiger charge is 2.12. The first-order valence-corrected chi connectivity index (χ1v) is 6.09. The van der Waals surface area contributed by atoms with Crippen LogP contribution in [-0.2, 0) is 11.2 Å². The third-order valence-electron chi connectivity index (χ3n) is 2.17. The number of H-pyrrole nitrogens is 1. The van der Waals surface area contributed by atoms with Gasteiger partial charge in [-0.25, -0.2) is 4.98 Å². The van der Waals surface area contributed by atoms with Gasteiger partial charge in [-0.15, -0.1) is 11.3 Å². The number of nitrogens with one attached hydrogen (secondary N) is 2. The van der Waals surface area contributed by atoms with Gasteiger partial charge in [-0.1, -0.05) is 0 Å². The molecule has 1 amide bonds. The Bertz CT molecular complexity index is 676. The van der Waals surface area contributed by atoms with Gasteiger partial charge in [-0.2, -0.15) is 0 Å². The number of hydrogen-bond donors (Lipinski definition) is 3. The van der Waals surface area contributed by atoms with E-state index in [1.807, 2.05) is 0 Å². The van der Waals surface area contributed by atoms with E-state index in [4.69, 9.17) is 5.11 Å². The number of aliphatic carboxylic acids is 1. The number of thiazole rings is 1. The molecule has 7 nitrogen and oxygen atoms in total. The van der Waals surface area contributed by atoms with Gasteiger partial charge in [-0.3, -0.25) is 19.7 Å². The highest BCUT2D eigenvalue weighted by atomic mass is 32.1. The molecule has 0 aliphatic carbocycles. The Kier molecular flexibility index (Phi) is 3.71. The molecule has 2 aromatic heterocycles. The van der Waals surface area contributed by atoms with E-state index in [1.165, 1.54) is 18.5 Å². The largest absolute Gasteiger partial charge is 0.481 e. The van der Waals surface area contributed by atoms with E-state index < -0.39 is 17.3 Å². The zero-order valence-corrected chi connectivity index (χ0v) is 10.4. The predicted octanol–water partition coefficient (Wildman–Crippen LogP) is 0.711. The van der Waals surface area contributed by atoms with Crippen LogP contribution in [0.15, 0.2) is 28.6 Å². The highest BCUT2D eigenvalue weighted by molar-refractivity contribution is 7.14. The number of hydrogen-bond acceptors (Lipinski definition) is 5. The molecule has 0 saturated carbocycles. The van der Waals surface area contributed by atoms with Crippen LogP contribution in [0.25, 0.3) is 0 Å². The molecule has 0 spiro atoms. The lowest BCUT2D eigenvalue weighted by atomic mass is 10.2. The van der Waals surface area contributed by atoms with E-state index in [1.54, 1.807) is 5.38 Å². The van der Waals surface area contributed by atoms with Gasteiger partial charge in [0.15, 0.2) is 10.6 Å². The van der Waals surface area contributed by atoms with Crippen molar-refractivity contribution >= 4 is 28.3 Å². The summed E-state index contributed by atoms with van der Waals surface area (Å²) in [7, 11) is 0. The first-order chi connectivity index (χ1) is 9.06. The van der Waals surface area contributed by atoms with Gasteiger partial charge in [0, 0.05) is 23.8 Å². The summed E-state index contributed by atoms with van der Waals surface area (Å²) in [6.07, 6.45) is 2.51. The molecule has 2 rings (SSSR count). The van der Waals surface area contributed by atoms with Gasteiger partial charge >= 0.3 is 5.97 Å². The van der Waals surface area contributed by atoms with Gasteiger partial charge in [0.2, 0.25) is 0 Å². The molecule has 0 aromatic carbocycles. The Morgan fingerprint density at radius 1 is 1.47 bits per heavy atom. The van der Waals surface area contributed by atoms with Crippen LogP contribution in [0.4, 0.5) is 5.13 Å². The number of carbonyl (C=O) groups excluding carboxylic acids is 1. The first kappa shape index (κ1) is 13.0. The van der Waals surface area contributed by atoms with Crippen molar-refractivity contribution in [2.75, 3.05) is 5.32 Å². The van der Waals surface area contributed by atoms with Crippen LogP contribution in [0.3, 0.4) is 0 Å². The number of rotatable bonds is 4. The number of aromatic amines is 1. The number of carboxylic acid groups (broad SMARTS) is 1. The smallest absolute Gasteiger partial charge is 0.309 e. The Morgan fingerprint density at radius 2 is 2.26 bits per heavy atom. The highest BCUT2D eigenvalue weighted by Crippen LogP contribution is 2.16. The van der Waals surface area contributed by atoms with E-state index in [2.05, 4.69) is 15.3 Å². The first-order valence-electron chi connectivity index (χ1n) is 5.21. The monoisotopic (exact) mass is 279 g/mol. The maximum Gasteiger partial charge on any atom is 0.309 e. The molecule has 8 heteroatoms. The summed E-state index contributed by atoms with van der Waals surface area (Å²) in [5, 5.41) is 12.8. The normalized spacial score (nSPS) is 10.1. The minimum absolute atomic E-state index is 0.0301. The molecule has 0 fully saturated rings. The summed E-state index contributed by atoms with van der Waals surface area (Å²) in [5.74, 6) is -1.58. The zero-order valence-electron chi connectivity index (χ0n) is 9.54. The number of nitrogens with zero attached hydrogens (tertiary/aromatic N) is 1. The number of carboxylic acids is 1. The Morgan fingerprint density at radius 3 is 2.95 bits per heavy atom. The van der Waals surface area contributed by atoms with E-state index >= 15 is 0 Å². The lowest BCUT2D eigenvalue weighted by Gasteiger charge is -1.99. The molecule has 0 saturated heterocycles. The molecule has 2 aromatic rings. The van der Waals surface area contributed by atoms with Crippen LogP contribution in [-0.4, -0.2) is 27.0 Å². The fourth-order valence-corrected chi connectivity index (χ4v) is 2.06. The molecule has 0 aliphatic heterocycles. The van der Waals surface area contributed by atoms with E-state index in [0.717, 1.165) is 11.3 Å². The van der Waals surface area contributed by atoms with Crippen LogP contribution in [0, 0.1) is 0 Å². The molecular formula is C11H9N3O4S. The average molecular weight is 279 g/mol. The van der Waals surface area contributed by atoms with Gasteiger partial charge < -0.3 is 10.1 Å². The SMILES string of the molecule is O=C(O)Cc1csc(NC(=O)c2c[nH]ccc2=O)n1. The second kappa shape index (κ2) is 5.44. The van der Waals surface area contributed by atoms with Crippen LogP contribution < -0.4 is 10.7 Å². The second-order valence-electron chi connectivity index (χ2n) is 3.59. The van der Waals surface area contributed by atoms with Crippen LogP contribution >= 0.6 is 11.3 Å². The van der Waals surface area contributed by atoms with Crippen LogP contribution in [0.5, 0.6) is 0 Å². The van der Waals surface area contributed by atoms with Crippen molar-refractivity contribution in [2.45, 2.75) is 6.42 Å². The number of pyridine rings is 1. The van der Waals surface area contributed by atoms with Crippen molar-refractivity contribution in [2.24, 2.45) is 0 Å². The number of anilines is 1. The molecule has 0 unspecified atom stereocenters. The van der Waals surface area contributed by atoms with E-state index in [-0.39, 0.29) is 17.1 Å². The Balaban J connectivity index is 2.11. The van der Waals surface area contributed by atoms with Crippen molar-refractivity contribution in [3.8, 4) is 0 Å². The molecule has 2 heterocycles. The minimum Gasteiger partial charge on any atom is -0.481 e. The molecule has 3 N–H and O–H groups in total. The third kappa shape index (κ3) is 3.26. The minimum atomic E-state index is -0.998. The van der Waals surface area contributed by atoms with Crippen LogP contribution in [0.1, 0.15) is 16.1 Å². The quantitative estimate of drug-likeness (QED) is 0.763. The number of carbonyl (C=O) groups is 2. The summed E-state index contributed by atoms with van der Waals surface area (Å²) in [4.78, 5) is 40.3. The third-order valence-corrected chi connectivity index (χ3v) is 2.98. The summed E-state index contributed by atoms with van der Waals surface area (Å²) in [5.41, 5.74) is -0.0779. The Hall–Kier alpha value is -2.48. The molecule has 0 atom stereocenters. The summed E-state index contributed by atoms with van der Waals surface area (Å²) in [6, 6.07) is 1.24. The summed E-state index contributed by atoms with van der Waals surface area (Å²) < 4.78 is 0. The maximum atomic E-state index is 11.8. The average Bonchev–Trinajstić information content (AvgIpc) is 2.76.